The highest BCUT2D eigenvalue weighted by atomic mass is 35.5. The summed E-state index contributed by atoms with van der Waals surface area (Å²) < 4.78 is 5.18. The van der Waals surface area contributed by atoms with Crippen molar-refractivity contribution in [2.24, 2.45) is 0 Å². The van der Waals surface area contributed by atoms with Crippen molar-refractivity contribution in [3.8, 4) is 0 Å². The highest BCUT2D eigenvalue weighted by Crippen LogP contribution is 2.47. The van der Waals surface area contributed by atoms with Crippen molar-refractivity contribution >= 4 is 46.1 Å². The van der Waals surface area contributed by atoms with Crippen LogP contribution in [-0.2, 0) is 4.74 Å². The highest BCUT2D eigenvalue weighted by Gasteiger charge is 2.55. The largest absolute Gasteiger partial charge is 0.394 e. The van der Waals surface area contributed by atoms with Gasteiger partial charge < -0.3 is 26.4 Å². The molecule has 21 heavy (non-hydrogen) atoms. The van der Waals surface area contributed by atoms with Crippen LogP contribution in [0.25, 0.3) is 11.2 Å². The van der Waals surface area contributed by atoms with Crippen molar-refractivity contribution in [1.82, 2.24) is 19.5 Å². The van der Waals surface area contributed by atoms with E-state index >= 15 is 0 Å². The predicted molar refractivity (Wildman–Crippen MR) is 75.6 cm³/mol. The number of imidazole rings is 1. The summed E-state index contributed by atoms with van der Waals surface area (Å²) in [6, 6.07) is 0. The third-order valence-electron chi connectivity index (χ3n) is 3.28. The molecule has 11 heteroatoms. The molecule has 3 atom stereocenters. The number of halogens is 2. The van der Waals surface area contributed by atoms with E-state index in [-0.39, 0.29) is 17.4 Å². The van der Waals surface area contributed by atoms with Crippen LogP contribution in [0.5, 0.6) is 0 Å². The lowest BCUT2D eigenvalue weighted by atomic mass is 10.2. The number of alkyl halides is 2. The number of nitrogens with two attached hydrogens (primary N) is 2. The lowest BCUT2D eigenvalue weighted by Crippen LogP contribution is -2.37. The smallest absolute Gasteiger partial charge is 0.224 e. The number of anilines is 2. The summed E-state index contributed by atoms with van der Waals surface area (Å²) in [4.78, 5) is 11.9. The molecule has 1 saturated heterocycles. The Balaban J connectivity index is 2.13. The molecule has 2 aromatic rings. The number of nitrogen functional groups attached to an aromatic ring is 2. The van der Waals surface area contributed by atoms with Crippen molar-refractivity contribution in [3.63, 3.8) is 0 Å². The average Bonchev–Trinajstić information content (AvgIpc) is 2.91. The lowest BCUT2D eigenvalue weighted by molar-refractivity contribution is -0.0434. The summed E-state index contributed by atoms with van der Waals surface area (Å²) in [6.07, 6.45) is -1.89. The number of aromatic nitrogens is 4. The van der Waals surface area contributed by atoms with Crippen molar-refractivity contribution in [2.45, 2.75) is 22.8 Å². The van der Waals surface area contributed by atoms with Crippen LogP contribution < -0.4 is 11.5 Å². The number of aliphatic hydroxyl groups excluding tert-OH is 2. The van der Waals surface area contributed by atoms with Crippen molar-refractivity contribution in [3.05, 3.63) is 6.33 Å². The van der Waals surface area contributed by atoms with Gasteiger partial charge in [0, 0.05) is 0 Å². The van der Waals surface area contributed by atoms with E-state index in [1.165, 1.54) is 10.9 Å². The van der Waals surface area contributed by atoms with Gasteiger partial charge in [-0.15, -0.1) is 0 Å². The predicted octanol–water partition coefficient (Wildman–Crippen LogP) is -0.585. The zero-order chi connectivity index (χ0) is 15.4. The number of nitrogens with zero attached hydrogens (tertiary/aromatic N) is 4. The van der Waals surface area contributed by atoms with Gasteiger partial charge in [0.25, 0.3) is 0 Å². The molecule has 3 rings (SSSR count). The number of hydrogen-bond acceptors (Lipinski definition) is 8. The minimum Gasteiger partial charge on any atom is -0.394 e. The van der Waals surface area contributed by atoms with Crippen LogP contribution in [0.4, 0.5) is 11.8 Å². The maximum atomic E-state index is 10.0. The van der Waals surface area contributed by atoms with E-state index in [0.29, 0.717) is 5.52 Å². The van der Waals surface area contributed by atoms with E-state index in [9.17, 15) is 10.2 Å². The number of ether oxygens (including phenoxy) is 1. The Bertz CT molecular complexity index is 693. The van der Waals surface area contributed by atoms with Gasteiger partial charge in [-0.25, -0.2) is 4.98 Å². The molecule has 1 fully saturated rings. The standard InChI is InChI=1S/C10H12Cl2N6O3/c11-10(12)5(20)3(1-19)21-8(10)18-2-15-4-6(13)16-9(14)17-7(4)18/h2-3,5,8,19-20H,1H2,(H4,13,14,16,17)/t3-,5+,8-/m1/s1. The number of fused-ring (bicyclic) bond motifs is 1. The SMILES string of the molecule is Nc1nc(N)c2ncn([C@@H]3O[C@H](CO)[C@H](O)C3(Cl)Cl)c2n1. The Kier molecular flexibility index (Phi) is 3.34. The van der Waals surface area contributed by atoms with Crippen LogP contribution in [0.3, 0.4) is 0 Å². The van der Waals surface area contributed by atoms with Gasteiger partial charge in [-0.05, 0) is 0 Å². The van der Waals surface area contributed by atoms with E-state index in [1.807, 2.05) is 0 Å². The molecule has 0 amide bonds. The minimum atomic E-state index is -1.70. The fourth-order valence-corrected chi connectivity index (χ4v) is 2.84. The van der Waals surface area contributed by atoms with Gasteiger partial charge in [-0.3, -0.25) is 4.57 Å². The average molecular weight is 335 g/mol. The molecule has 0 spiro atoms. The maximum Gasteiger partial charge on any atom is 0.224 e. The molecule has 6 N–H and O–H groups in total. The van der Waals surface area contributed by atoms with Crippen LogP contribution >= 0.6 is 23.2 Å². The van der Waals surface area contributed by atoms with E-state index in [2.05, 4.69) is 15.0 Å². The Labute approximate surface area is 128 Å². The molecule has 3 heterocycles. The van der Waals surface area contributed by atoms with Crippen molar-refractivity contribution < 1.29 is 14.9 Å². The third-order valence-corrected chi connectivity index (χ3v) is 4.10. The summed E-state index contributed by atoms with van der Waals surface area (Å²) in [5.41, 5.74) is 11.8. The van der Waals surface area contributed by atoms with Gasteiger partial charge in [0.2, 0.25) is 5.95 Å². The van der Waals surface area contributed by atoms with Gasteiger partial charge in [-0.1, -0.05) is 23.2 Å². The summed E-state index contributed by atoms with van der Waals surface area (Å²) >= 11 is 12.3. The van der Waals surface area contributed by atoms with Crippen molar-refractivity contribution in [2.75, 3.05) is 18.1 Å². The summed E-state index contributed by atoms with van der Waals surface area (Å²) in [6.45, 7) is -0.440. The van der Waals surface area contributed by atoms with Gasteiger partial charge >= 0.3 is 0 Å². The third kappa shape index (κ3) is 2.09. The first kappa shape index (κ1) is 14.5. The Morgan fingerprint density at radius 3 is 2.71 bits per heavy atom. The van der Waals surface area contributed by atoms with Crippen LogP contribution in [0.15, 0.2) is 6.33 Å². The van der Waals surface area contributed by atoms with Gasteiger partial charge in [0.15, 0.2) is 22.0 Å². The van der Waals surface area contributed by atoms with E-state index in [4.69, 9.17) is 39.4 Å². The molecular formula is C10H12Cl2N6O3. The number of rotatable bonds is 2. The van der Waals surface area contributed by atoms with Crippen LogP contribution in [-0.4, -0.2) is 52.9 Å². The molecule has 1 aliphatic rings. The maximum absolute atomic E-state index is 10.0. The number of hydrogen-bond donors (Lipinski definition) is 4. The molecule has 0 radical (unpaired) electrons. The zero-order valence-electron chi connectivity index (χ0n) is 10.5. The van der Waals surface area contributed by atoms with Crippen LogP contribution in [0.1, 0.15) is 6.23 Å². The Morgan fingerprint density at radius 2 is 2.10 bits per heavy atom. The normalized spacial score (nSPS) is 28.3. The fourth-order valence-electron chi connectivity index (χ4n) is 2.25. The number of aliphatic hydroxyl groups is 2. The quantitative estimate of drug-likeness (QED) is 0.533. The molecule has 0 aliphatic carbocycles. The van der Waals surface area contributed by atoms with E-state index in [1.54, 1.807) is 0 Å². The molecular weight excluding hydrogens is 323 g/mol. The topological polar surface area (TPSA) is 145 Å². The van der Waals surface area contributed by atoms with Crippen molar-refractivity contribution in [1.29, 1.82) is 0 Å². The molecule has 0 unspecified atom stereocenters. The second-order valence-corrected chi connectivity index (χ2v) is 6.06. The molecule has 0 bridgehead atoms. The van der Waals surface area contributed by atoms with Gasteiger partial charge in [0.1, 0.15) is 17.7 Å². The Hall–Kier alpha value is -1.39. The van der Waals surface area contributed by atoms with E-state index < -0.39 is 29.4 Å². The second kappa shape index (κ2) is 4.82. The van der Waals surface area contributed by atoms with Gasteiger partial charge in [-0.2, -0.15) is 9.97 Å². The minimum absolute atomic E-state index is 0.0475. The second-order valence-electron chi connectivity index (χ2n) is 4.62. The summed E-state index contributed by atoms with van der Waals surface area (Å²) in [7, 11) is 0. The molecule has 1 aliphatic heterocycles. The molecule has 114 valence electrons. The molecule has 9 nitrogen and oxygen atoms in total. The first-order valence-corrected chi connectivity index (χ1v) is 6.69. The summed E-state index contributed by atoms with van der Waals surface area (Å²) in [5.74, 6) is 0.0528. The Morgan fingerprint density at radius 1 is 1.38 bits per heavy atom. The van der Waals surface area contributed by atoms with Gasteiger partial charge in [0.05, 0.1) is 12.9 Å². The monoisotopic (exact) mass is 334 g/mol. The van der Waals surface area contributed by atoms with E-state index in [0.717, 1.165) is 0 Å². The first-order chi connectivity index (χ1) is 9.86. The molecule has 0 saturated carbocycles. The fraction of sp³-hybridized carbons (Fsp3) is 0.500. The molecule has 0 aromatic carbocycles. The van der Waals surface area contributed by atoms with Crippen LogP contribution in [0.2, 0.25) is 0 Å². The summed E-state index contributed by atoms with van der Waals surface area (Å²) in [5, 5.41) is 19.2. The van der Waals surface area contributed by atoms with Crippen LogP contribution in [0, 0.1) is 0 Å². The zero-order valence-corrected chi connectivity index (χ0v) is 12.0. The first-order valence-electron chi connectivity index (χ1n) is 5.94. The lowest BCUT2D eigenvalue weighted by Gasteiger charge is -2.23. The highest BCUT2D eigenvalue weighted by molar-refractivity contribution is 6.49. The molecule has 2 aromatic heterocycles.